The van der Waals surface area contributed by atoms with Crippen molar-refractivity contribution in [2.45, 2.75) is 25.5 Å². The first-order valence-corrected chi connectivity index (χ1v) is 9.73. The van der Waals surface area contributed by atoms with Gasteiger partial charge in [-0.25, -0.2) is 0 Å². The van der Waals surface area contributed by atoms with E-state index in [2.05, 4.69) is 0 Å². The molecule has 0 saturated carbocycles. The zero-order chi connectivity index (χ0) is 20.1. The molecule has 6 heteroatoms. The molecule has 0 N–H and O–H groups in total. The van der Waals surface area contributed by atoms with E-state index >= 15 is 0 Å². The van der Waals surface area contributed by atoms with Crippen LogP contribution in [-0.4, -0.2) is 37.3 Å². The summed E-state index contributed by atoms with van der Waals surface area (Å²) in [4.78, 5) is 27.0. The van der Waals surface area contributed by atoms with Crippen molar-refractivity contribution in [3.8, 4) is 22.8 Å². The van der Waals surface area contributed by atoms with Crippen molar-refractivity contribution in [2.24, 2.45) is 0 Å². The van der Waals surface area contributed by atoms with E-state index in [0.29, 0.717) is 52.2 Å². The molecule has 2 heterocycles. The van der Waals surface area contributed by atoms with Gasteiger partial charge in [0.15, 0.2) is 17.3 Å². The summed E-state index contributed by atoms with van der Waals surface area (Å²) in [6, 6.07) is 11.0. The van der Waals surface area contributed by atoms with Gasteiger partial charge in [-0.2, -0.15) is 0 Å². The van der Waals surface area contributed by atoms with E-state index < -0.39 is 0 Å². The fourth-order valence-corrected chi connectivity index (χ4v) is 4.54. The molecule has 29 heavy (non-hydrogen) atoms. The lowest BCUT2D eigenvalue weighted by Crippen LogP contribution is -2.29. The summed E-state index contributed by atoms with van der Waals surface area (Å²) in [7, 11) is 3.04. The first kappa shape index (κ1) is 17.9. The third-order valence-electron chi connectivity index (χ3n) is 5.84. The largest absolute Gasteiger partial charge is 0.493 e. The van der Waals surface area contributed by atoms with Crippen molar-refractivity contribution in [3.05, 3.63) is 57.9 Å². The lowest BCUT2D eigenvalue weighted by molar-refractivity contribution is 0.0964. The number of hydrogen-bond donors (Lipinski definition) is 0. The highest BCUT2D eigenvalue weighted by Crippen LogP contribution is 2.43. The maximum Gasteiger partial charge on any atom is 0.262 e. The number of rotatable bonds is 4. The van der Waals surface area contributed by atoms with Gasteiger partial charge in [0, 0.05) is 23.1 Å². The first-order valence-electron chi connectivity index (χ1n) is 9.73. The van der Waals surface area contributed by atoms with Crippen LogP contribution in [0.25, 0.3) is 22.0 Å². The van der Waals surface area contributed by atoms with Gasteiger partial charge in [-0.3, -0.25) is 9.59 Å². The summed E-state index contributed by atoms with van der Waals surface area (Å²) in [5.41, 5.74) is 2.42. The molecule has 1 atom stereocenters. The number of ketones is 1. The topological polar surface area (TPSA) is 66.8 Å². The van der Waals surface area contributed by atoms with Gasteiger partial charge < -0.3 is 18.8 Å². The van der Waals surface area contributed by atoms with E-state index in [0.717, 1.165) is 18.4 Å². The summed E-state index contributed by atoms with van der Waals surface area (Å²) >= 11 is 0. The van der Waals surface area contributed by atoms with Gasteiger partial charge in [0.1, 0.15) is 0 Å². The average Bonchev–Trinajstić information content (AvgIpc) is 3.36. The van der Waals surface area contributed by atoms with Crippen LogP contribution in [0.3, 0.4) is 0 Å². The number of benzene rings is 2. The van der Waals surface area contributed by atoms with Crippen molar-refractivity contribution < 1.29 is 19.0 Å². The number of carbonyl (C=O) groups excluding carboxylic acids is 1. The van der Waals surface area contributed by atoms with E-state index in [9.17, 15) is 9.59 Å². The SMILES string of the molecule is COc1ccc2c3c(n(C[C@H]4CCCO4)c(=O)c2c1OC)-c1ccccc1C3=O. The molecule has 1 aromatic heterocycles. The molecule has 1 aliphatic heterocycles. The summed E-state index contributed by atoms with van der Waals surface area (Å²) in [6.45, 7) is 1.10. The average molecular weight is 391 g/mol. The van der Waals surface area contributed by atoms with Crippen LogP contribution in [0.5, 0.6) is 11.5 Å². The molecule has 3 aromatic rings. The standard InChI is InChI=1S/C23H21NO5/c1-27-17-10-9-16-18-20(14-7-3-4-8-15(14)21(18)25)24(12-13-6-5-11-29-13)23(26)19(16)22(17)28-2/h3-4,7-10,13H,5-6,11-12H2,1-2H3/t13-/m1/s1. The van der Waals surface area contributed by atoms with Gasteiger partial charge in [-0.15, -0.1) is 0 Å². The summed E-state index contributed by atoms with van der Waals surface area (Å²) in [5.74, 6) is 0.736. The van der Waals surface area contributed by atoms with Crippen LogP contribution in [-0.2, 0) is 11.3 Å². The molecule has 0 amide bonds. The highest BCUT2D eigenvalue weighted by Gasteiger charge is 2.34. The zero-order valence-electron chi connectivity index (χ0n) is 16.4. The molecule has 0 bridgehead atoms. The molecule has 0 spiro atoms. The molecule has 148 valence electrons. The minimum atomic E-state index is -0.200. The lowest BCUT2D eigenvalue weighted by Gasteiger charge is -2.19. The summed E-state index contributed by atoms with van der Waals surface area (Å²) < 4.78 is 18.4. The highest BCUT2D eigenvalue weighted by molar-refractivity contribution is 6.27. The van der Waals surface area contributed by atoms with Gasteiger partial charge in [0.2, 0.25) is 0 Å². The number of ether oxygens (including phenoxy) is 3. The van der Waals surface area contributed by atoms with Crippen LogP contribution in [0, 0.1) is 0 Å². The normalized spacial score (nSPS) is 17.4. The van der Waals surface area contributed by atoms with Crippen LogP contribution in [0.4, 0.5) is 0 Å². The summed E-state index contributed by atoms with van der Waals surface area (Å²) in [6.07, 6.45) is 1.82. The third kappa shape index (κ3) is 2.52. The molecule has 5 rings (SSSR count). The molecule has 6 nitrogen and oxygen atoms in total. The Balaban J connectivity index is 1.90. The fraction of sp³-hybridized carbons (Fsp3) is 0.304. The molecule has 2 aliphatic rings. The predicted molar refractivity (Wildman–Crippen MR) is 109 cm³/mol. The maximum absolute atomic E-state index is 13.7. The second kappa shape index (κ2) is 6.74. The van der Waals surface area contributed by atoms with Crippen molar-refractivity contribution in [1.82, 2.24) is 4.57 Å². The van der Waals surface area contributed by atoms with Crippen LogP contribution in [0.1, 0.15) is 28.8 Å². The van der Waals surface area contributed by atoms with Gasteiger partial charge in [-0.1, -0.05) is 24.3 Å². The molecule has 0 radical (unpaired) electrons. The number of methoxy groups -OCH3 is 2. The second-order valence-electron chi connectivity index (χ2n) is 7.37. The Morgan fingerprint density at radius 3 is 2.55 bits per heavy atom. The van der Waals surface area contributed by atoms with E-state index in [1.807, 2.05) is 24.3 Å². The van der Waals surface area contributed by atoms with E-state index in [1.54, 1.807) is 16.7 Å². The molecule has 1 fully saturated rings. The Bertz CT molecular complexity index is 1200. The Labute approximate surface area is 167 Å². The van der Waals surface area contributed by atoms with Crippen LogP contribution < -0.4 is 15.0 Å². The van der Waals surface area contributed by atoms with E-state index in [1.165, 1.54) is 14.2 Å². The van der Waals surface area contributed by atoms with E-state index in [-0.39, 0.29) is 17.4 Å². The highest BCUT2D eigenvalue weighted by atomic mass is 16.5. The van der Waals surface area contributed by atoms with Gasteiger partial charge in [-0.05, 0) is 25.0 Å². The quantitative estimate of drug-likeness (QED) is 0.533. The number of pyridine rings is 1. The zero-order valence-corrected chi connectivity index (χ0v) is 16.4. The van der Waals surface area contributed by atoms with Crippen molar-refractivity contribution >= 4 is 16.6 Å². The summed E-state index contributed by atoms with van der Waals surface area (Å²) in [5, 5.41) is 0.956. The Morgan fingerprint density at radius 1 is 1.07 bits per heavy atom. The Hall–Kier alpha value is -3.12. The van der Waals surface area contributed by atoms with Crippen molar-refractivity contribution in [3.63, 3.8) is 0 Å². The molecular weight excluding hydrogens is 370 g/mol. The Kier molecular flexibility index (Phi) is 4.17. The minimum absolute atomic E-state index is 0.0475. The molecule has 1 aliphatic carbocycles. The van der Waals surface area contributed by atoms with Crippen molar-refractivity contribution in [2.75, 3.05) is 20.8 Å². The number of fused-ring (bicyclic) bond motifs is 5. The number of carbonyl (C=O) groups is 1. The van der Waals surface area contributed by atoms with Crippen molar-refractivity contribution in [1.29, 1.82) is 0 Å². The first-order chi connectivity index (χ1) is 14.2. The van der Waals surface area contributed by atoms with Crippen LogP contribution in [0.2, 0.25) is 0 Å². The van der Waals surface area contributed by atoms with Crippen LogP contribution >= 0.6 is 0 Å². The lowest BCUT2D eigenvalue weighted by atomic mass is 10.0. The molecular formula is C23H21NO5. The Morgan fingerprint density at radius 2 is 1.86 bits per heavy atom. The second-order valence-corrected chi connectivity index (χ2v) is 7.37. The van der Waals surface area contributed by atoms with Gasteiger partial charge in [0.05, 0.1) is 43.5 Å². The van der Waals surface area contributed by atoms with Crippen LogP contribution in [0.15, 0.2) is 41.2 Å². The molecule has 2 aromatic carbocycles. The fourth-order valence-electron chi connectivity index (χ4n) is 4.54. The predicted octanol–water partition coefficient (Wildman–Crippen LogP) is 3.41. The molecule has 1 saturated heterocycles. The smallest absolute Gasteiger partial charge is 0.262 e. The third-order valence-corrected chi connectivity index (χ3v) is 5.84. The number of aromatic nitrogens is 1. The number of hydrogen-bond acceptors (Lipinski definition) is 5. The van der Waals surface area contributed by atoms with Gasteiger partial charge >= 0.3 is 0 Å². The van der Waals surface area contributed by atoms with E-state index in [4.69, 9.17) is 14.2 Å². The monoisotopic (exact) mass is 391 g/mol. The maximum atomic E-state index is 13.7. The minimum Gasteiger partial charge on any atom is -0.493 e. The van der Waals surface area contributed by atoms with Gasteiger partial charge in [0.25, 0.3) is 5.56 Å². The number of nitrogens with zero attached hydrogens (tertiary/aromatic N) is 1. The molecule has 0 unspecified atom stereocenters.